The zero-order chi connectivity index (χ0) is 21.1. The van der Waals surface area contributed by atoms with Crippen molar-refractivity contribution >= 4 is 38.9 Å². The third-order valence-electron chi connectivity index (χ3n) is 5.26. The number of carbonyl (C=O) groups excluding carboxylic acids is 2. The molecule has 4 rings (SSSR count). The van der Waals surface area contributed by atoms with Crippen LogP contribution in [0.15, 0.2) is 46.7 Å². The molecule has 2 saturated heterocycles. The molecule has 1 aromatic heterocycles. The summed E-state index contributed by atoms with van der Waals surface area (Å²) in [4.78, 5) is 27.9. The highest BCUT2D eigenvalue weighted by atomic mass is 32.2. The van der Waals surface area contributed by atoms with Crippen LogP contribution in [0.5, 0.6) is 0 Å². The normalized spacial score (nSPS) is 20.3. The van der Waals surface area contributed by atoms with Gasteiger partial charge in [-0.3, -0.25) is 9.59 Å². The van der Waals surface area contributed by atoms with Crippen LogP contribution in [-0.4, -0.2) is 68.3 Å². The molecule has 1 N–H and O–H groups in total. The average Bonchev–Trinajstić information content (AvgIpc) is 3.46. The number of hydrogen-bond acceptors (Lipinski definition) is 6. The van der Waals surface area contributed by atoms with Gasteiger partial charge in [-0.1, -0.05) is 12.1 Å². The van der Waals surface area contributed by atoms with Crippen LogP contribution in [0.2, 0.25) is 0 Å². The second-order valence-corrected chi connectivity index (χ2v) is 10.1. The molecule has 2 aliphatic heterocycles. The van der Waals surface area contributed by atoms with E-state index in [1.807, 2.05) is 11.4 Å². The number of benzene rings is 1. The molecular formula is C20H23N3O5S2. The molecule has 0 saturated carbocycles. The maximum absolute atomic E-state index is 12.9. The van der Waals surface area contributed by atoms with Crippen molar-refractivity contribution in [2.75, 3.05) is 38.2 Å². The van der Waals surface area contributed by atoms with E-state index in [-0.39, 0.29) is 16.7 Å². The van der Waals surface area contributed by atoms with Crippen LogP contribution in [0, 0.1) is 0 Å². The summed E-state index contributed by atoms with van der Waals surface area (Å²) in [5, 5.41) is 4.62. The number of hydrogen-bond donors (Lipinski definition) is 1. The van der Waals surface area contributed by atoms with Gasteiger partial charge in [-0.2, -0.15) is 4.31 Å². The van der Waals surface area contributed by atoms with Crippen LogP contribution in [0.3, 0.4) is 0 Å². The van der Waals surface area contributed by atoms with Crippen molar-refractivity contribution in [1.82, 2.24) is 9.21 Å². The van der Waals surface area contributed by atoms with Gasteiger partial charge in [0.15, 0.2) is 0 Å². The molecule has 0 bridgehead atoms. The maximum Gasteiger partial charge on any atom is 0.264 e. The topological polar surface area (TPSA) is 96.0 Å². The number of sulfonamides is 1. The Bertz CT molecular complexity index is 1020. The highest BCUT2D eigenvalue weighted by Gasteiger charge is 2.35. The van der Waals surface area contributed by atoms with Crippen molar-refractivity contribution in [2.45, 2.75) is 23.8 Å². The van der Waals surface area contributed by atoms with Gasteiger partial charge in [0.05, 0.1) is 23.0 Å². The van der Waals surface area contributed by atoms with Gasteiger partial charge in [-0.25, -0.2) is 8.42 Å². The summed E-state index contributed by atoms with van der Waals surface area (Å²) in [5.74, 6) is -0.454. The van der Waals surface area contributed by atoms with E-state index in [1.54, 1.807) is 23.1 Å². The zero-order valence-electron chi connectivity index (χ0n) is 16.3. The summed E-state index contributed by atoms with van der Waals surface area (Å²) in [6.45, 7) is 1.87. The van der Waals surface area contributed by atoms with Crippen LogP contribution >= 0.6 is 11.3 Å². The molecule has 2 amide bonds. The summed E-state index contributed by atoms with van der Waals surface area (Å²) in [7, 11) is -3.65. The summed E-state index contributed by atoms with van der Waals surface area (Å²) in [6, 6.07) is 9.22. The average molecular weight is 450 g/mol. The van der Waals surface area contributed by atoms with Gasteiger partial charge in [0.25, 0.3) is 5.91 Å². The first-order chi connectivity index (χ1) is 14.5. The highest BCUT2D eigenvalue weighted by molar-refractivity contribution is 7.89. The molecule has 2 aliphatic rings. The number of anilines is 1. The number of likely N-dealkylation sites (tertiary alicyclic amines) is 1. The monoisotopic (exact) mass is 449 g/mol. The number of carbonyl (C=O) groups is 2. The zero-order valence-corrected chi connectivity index (χ0v) is 18.0. The number of nitrogens with zero attached hydrogens (tertiary/aromatic N) is 2. The SMILES string of the molecule is O=C(Nc1cccc(S(=O)(=O)N2CCOCC2)c1)[C@@H]1CCCN1C(=O)c1cccs1. The fourth-order valence-electron chi connectivity index (χ4n) is 3.72. The summed E-state index contributed by atoms with van der Waals surface area (Å²) in [6.07, 6.45) is 1.33. The minimum absolute atomic E-state index is 0.125. The number of morpholine rings is 1. The first-order valence-electron chi connectivity index (χ1n) is 9.80. The first kappa shape index (κ1) is 21.0. The van der Waals surface area contributed by atoms with Crippen molar-refractivity contribution in [1.29, 1.82) is 0 Å². The Balaban J connectivity index is 1.48. The molecule has 3 heterocycles. The smallest absolute Gasteiger partial charge is 0.264 e. The van der Waals surface area contributed by atoms with Crippen LogP contribution in [-0.2, 0) is 19.6 Å². The lowest BCUT2D eigenvalue weighted by Crippen LogP contribution is -2.43. The molecule has 0 spiro atoms. The molecular weight excluding hydrogens is 426 g/mol. The third-order valence-corrected chi connectivity index (χ3v) is 8.01. The van der Waals surface area contributed by atoms with Gasteiger partial charge in [0.1, 0.15) is 6.04 Å². The van der Waals surface area contributed by atoms with Crippen LogP contribution in [0.1, 0.15) is 22.5 Å². The van der Waals surface area contributed by atoms with Gasteiger partial charge in [0, 0.05) is 25.3 Å². The molecule has 30 heavy (non-hydrogen) atoms. The van der Waals surface area contributed by atoms with E-state index >= 15 is 0 Å². The molecule has 0 unspecified atom stereocenters. The Morgan fingerprint density at radius 2 is 1.90 bits per heavy atom. The first-order valence-corrected chi connectivity index (χ1v) is 12.1. The van der Waals surface area contributed by atoms with Crippen molar-refractivity contribution in [3.63, 3.8) is 0 Å². The Morgan fingerprint density at radius 1 is 1.10 bits per heavy atom. The van der Waals surface area contributed by atoms with Crippen molar-refractivity contribution in [3.8, 4) is 0 Å². The standard InChI is InChI=1S/C20H23N3O5S2/c24-19(17-6-2-8-23(17)20(25)18-7-3-13-29-18)21-15-4-1-5-16(14-15)30(26,27)22-9-11-28-12-10-22/h1,3-5,7,13-14,17H,2,6,8-12H2,(H,21,24)/t17-/m0/s1. The summed E-state index contributed by atoms with van der Waals surface area (Å²) < 4.78 is 32.3. The van der Waals surface area contributed by atoms with E-state index in [9.17, 15) is 18.0 Å². The molecule has 0 aliphatic carbocycles. The Hall–Kier alpha value is -2.27. The molecule has 2 aromatic rings. The number of amides is 2. The molecule has 2 fully saturated rings. The molecule has 0 radical (unpaired) electrons. The van der Waals surface area contributed by atoms with E-state index < -0.39 is 16.1 Å². The van der Waals surface area contributed by atoms with E-state index in [2.05, 4.69) is 5.32 Å². The minimum Gasteiger partial charge on any atom is -0.379 e. The van der Waals surface area contributed by atoms with E-state index in [4.69, 9.17) is 4.74 Å². The van der Waals surface area contributed by atoms with E-state index in [0.717, 1.165) is 6.42 Å². The molecule has 10 heteroatoms. The predicted octanol–water partition coefficient (Wildman–Crippen LogP) is 2.01. The number of thiophene rings is 1. The van der Waals surface area contributed by atoms with Gasteiger partial charge < -0.3 is 15.0 Å². The lowest BCUT2D eigenvalue weighted by molar-refractivity contribution is -0.119. The lowest BCUT2D eigenvalue weighted by Gasteiger charge is -2.26. The lowest BCUT2D eigenvalue weighted by atomic mass is 10.2. The number of rotatable bonds is 5. The van der Waals surface area contributed by atoms with Gasteiger partial charge in [0.2, 0.25) is 15.9 Å². The fourth-order valence-corrected chi connectivity index (χ4v) is 5.85. The largest absolute Gasteiger partial charge is 0.379 e. The van der Waals surface area contributed by atoms with Gasteiger partial charge in [-0.05, 0) is 42.5 Å². The Labute approximate surface area is 179 Å². The van der Waals surface area contributed by atoms with Crippen molar-refractivity contribution in [3.05, 3.63) is 46.7 Å². The number of nitrogens with one attached hydrogen (secondary N) is 1. The van der Waals surface area contributed by atoms with Crippen LogP contribution in [0.4, 0.5) is 5.69 Å². The Kier molecular flexibility index (Phi) is 6.19. The van der Waals surface area contributed by atoms with E-state index in [0.29, 0.717) is 49.8 Å². The second kappa shape index (κ2) is 8.84. The van der Waals surface area contributed by atoms with Gasteiger partial charge in [-0.15, -0.1) is 11.3 Å². The quantitative estimate of drug-likeness (QED) is 0.753. The second-order valence-electron chi connectivity index (χ2n) is 7.17. The molecule has 1 atom stereocenters. The number of ether oxygens (including phenoxy) is 1. The minimum atomic E-state index is -3.65. The Morgan fingerprint density at radius 3 is 2.63 bits per heavy atom. The van der Waals surface area contributed by atoms with E-state index in [1.165, 1.54) is 27.8 Å². The van der Waals surface area contributed by atoms with Gasteiger partial charge >= 0.3 is 0 Å². The van der Waals surface area contributed by atoms with Crippen molar-refractivity contribution in [2.24, 2.45) is 0 Å². The molecule has 1 aromatic carbocycles. The maximum atomic E-state index is 12.9. The predicted molar refractivity (Wildman–Crippen MR) is 113 cm³/mol. The summed E-state index contributed by atoms with van der Waals surface area (Å²) >= 11 is 1.35. The third kappa shape index (κ3) is 4.27. The summed E-state index contributed by atoms with van der Waals surface area (Å²) in [5.41, 5.74) is 0.393. The fraction of sp³-hybridized carbons (Fsp3) is 0.400. The molecule has 160 valence electrons. The van der Waals surface area contributed by atoms with Crippen molar-refractivity contribution < 1.29 is 22.7 Å². The molecule has 8 nitrogen and oxygen atoms in total. The van der Waals surface area contributed by atoms with Crippen LogP contribution < -0.4 is 5.32 Å². The highest BCUT2D eigenvalue weighted by Crippen LogP contribution is 2.25. The van der Waals surface area contributed by atoms with Crippen LogP contribution in [0.25, 0.3) is 0 Å².